The topological polar surface area (TPSA) is 75.3 Å². The van der Waals surface area contributed by atoms with E-state index in [-0.39, 0.29) is 18.8 Å². The van der Waals surface area contributed by atoms with Crippen molar-refractivity contribution in [3.05, 3.63) is 17.7 Å². The lowest BCUT2D eigenvalue weighted by Crippen LogP contribution is -2.32. The van der Waals surface area contributed by atoms with Crippen molar-refractivity contribution < 1.29 is 14.2 Å². The maximum absolute atomic E-state index is 9.25. The Hall–Kier alpha value is -2.40. The number of nitrogens with zero attached hydrogens (tertiary/aromatic N) is 2. The fraction of sp³-hybridized carbons (Fsp3) is 0.529. The average Bonchev–Trinajstić information content (AvgIpc) is 2.52. The summed E-state index contributed by atoms with van der Waals surface area (Å²) in [5.41, 5.74) is 0.274. The summed E-state index contributed by atoms with van der Waals surface area (Å²) in [7, 11) is 4.64. The molecule has 0 N–H and O–H groups in total. The molecular formula is C17H22N2O3. The van der Waals surface area contributed by atoms with Crippen LogP contribution in [0.1, 0.15) is 32.3 Å². The van der Waals surface area contributed by atoms with Crippen LogP contribution in [0.15, 0.2) is 12.1 Å². The van der Waals surface area contributed by atoms with Gasteiger partial charge in [0.15, 0.2) is 11.5 Å². The van der Waals surface area contributed by atoms with Gasteiger partial charge in [0.05, 0.1) is 33.5 Å². The Bertz CT molecular complexity index is 556. The minimum Gasteiger partial charge on any atom is -0.493 e. The van der Waals surface area contributed by atoms with Crippen molar-refractivity contribution in [3.63, 3.8) is 0 Å². The van der Waals surface area contributed by atoms with Gasteiger partial charge >= 0.3 is 0 Å². The van der Waals surface area contributed by atoms with Crippen LogP contribution in [-0.4, -0.2) is 21.3 Å². The van der Waals surface area contributed by atoms with Crippen LogP contribution in [0.3, 0.4) is 0 Å². The maximum atomic E-state index is 9.25. The van der Waals surface area contributed by atoms with Crippen LogP contribution >= 0.6 is 0 Å². The van der Waals surface area contributed by atoms with Gasteiger partial charge in [-0.1, -0.05) is 13.8 Å². The van der Waals surface area contributed by atoms with E-state index in [0.717, 1.165) is 5.56 Å². The van der Waals surface area contributed by atoms with E-state index in [1.54, 1.807) is 21.3 Å². The highest BCUT2D eigenvalue weighted by Crippen LogP contribution is 2.46. The number of ether oxygens (including phenoxy) is 3. The molecule has 0 saturated heterocycles. The molecule has 0 unspecified atom stereocenters. The number of methoxy groups -OCH3 is 3. The fourth-order valence-corrected chi connectivity index (χ4v) is 2.66. The third kappa shape index (κ3) is 3.09. The van der Waals surface area contributed by atoms with Gasteiger partial charge in [0, 0.05) is 18.3 Å². The molecule has 0 saturated carbocycles. The van der Waals surface area contributed by atoms with Gasteiger partial charge in [0.1, 0.15) is 0 Å². The second-order valence-corrected chi connectivity index (χ2v) is 5.39. The summed E-state index contributed by atoms with van der Waals surface area (Å²) in [5, 5.41) is 18.5. The van der Waals surface area contributed by atoms with E-state index in [9.17, 15) is 10.5 Å². The SMILES string of the molecule is COc1cc(C(CC#N)(CC#N)C(C)C)cc(OC)c1OC. The highest BCUT2D eigenvalue weighted by Gasteiger charge is 2.37. The fourth-order valence-electron chi connectivity index (χ4n) is 2.66. The molecule has 0 amide bonds. The minimum atomic E-state index is -0.573. The second kappa shape index (κ2) is 7.56. The Balaban J connectivity index is 3.62. The molecule has 5 nitrogen and oxygen atoms in total. The summed E-state index contributed by atoms with van der Waals surface area (Å²) >= 11 is 0. The zero-order chi connectivity index (χ0) is 16.8. The summed E-state index contributed by atoms with van der Waals surface area (Å²) in [6.07, 6.45) is 0.494. The number of rotatable bonds is 7. The molecule has 0 aliphatic carbocycles. The van der Waals surface area contributed by atoms with Crippen molar-refractivity contribution in [1.29, 1.82) is 10.5 Å². The molecule has 0 spiro atoms. The molecule has 1 rings (SSSR count). The van der Waals surface area contributed by atoms with Crippen molar-refractivity contribution in [2.75, 3.05) is 21.3 Å². The van der Waals surface area contributed by atoms with Crippen LogP contribution in [-0.2, 0) is 5.41 Å². The number of hydrogen-bond acceptors (Lipinski definition) is 5. The molecule has 22 heavy (non-hydrogen) atoms. The zero-order valence-electron chi connectivity index (χ0n) is 13.8. The van der Waals surface area contributed by atoms with Gasteiger partial charge in [-0.05, 0) is 23.6 Å². The molecule has 0 radical (unpaired) electrons. The van der Waals surface area contributed by atoms with Gasteiger partial charge in [-0.15, -0.1) is 0 Å². The molecule has 0 aromatic heterocycles. The Morgan fingerprint density at radius 3 is 1.68 bits per heavy atom. The zero-order valence-corrected chi connectivity index (χ0v) is 13.8. The van der Waals surface area contributed by atoms with E-state index >= 15 is 0 Å². The highest BCUT2D eigenvalue weighted by atomic mass is 16.5. The first-order valence-corrected chi connectivity index (χ1v) is 7.05. The number of benzene rings is 1. The molecular weight excluding hydrogens is 280 g/mol. The molecule has 0 heterocycles. The van der Waals surface area contributed by atoms with Crippen molar-refractivity contribution >= 4 is 0 Å². The summed E-state index contributed by atoms with van der Waals surface area (Å²) in [4.78, 5) is 0. The summed E-state index contributed by atoms with van der Waals surface area (Å²) in [5.74, 6) is 1.66. The van der Waals surface area contributed by atoms with Crippen LogP contribution in [0.25, 0.3) is 0 Å². The second-order valence-electron chi connectivity index (χ2n) is 5.39. The Morgan fingerprint density at radius 2 is 1.41 bits per heavy atom. The Labute approximate surface area is 132 Å². The Morgan fingerprint density at radius 1 is 0.955 bits per heavy atom. The predicted octanol–water partition coefficient (Wildman–Crippen LogP) is 3.43. The first kappa shape index (κ1) is 17.7. The number of hydrogen-bond donors (Lipinski definition) is 0. The van der Waals surface area contributed by atoms with E-state index in [0.29, 0.717) is 17.2 Å². The first-order chi connectivity index (χ1) is 10.5. The predicted molar refractivity (Wildman–Crippen MR) is 83.1 cm³/mol. The molecule has 0 aliphatic rings. The lowest BCUT2D eigenvalue weighted by molar-refractivity contribution is 0.302. The van der Waals surface area contributed by atoms with Crippen LogP contribution in [0.2, 0.25) is 0 Å². The van der Waals surface area contributed by atoms with Crippen LogP contribution in [0, 0.1) is 28.6 Å². The van der Waals surface area contributed by atoms with E-state index in [2.05, 4.69) is 12.1 Å². The normalized spacial score (nSPS) is 10.7. The van der Waals surface area contributed by atoms with Gasteiger partial charge < -0.3 is 14.2 Å². The van der Waals surface area contributed by atoms with Gasteiger partial charge in [-0.3, -0.25) is 0 Å². The van der Waals surface area contributed by atoms with E-state index in [1.165, 1.54) is 0 Å². The lowest BCUT2D eigenvalue weighted by Gasteiger charge is -2.35. The van der Waals surface area contributed by atoms with Crippen molar-refractivity contribution in [3.8, 4) is 29.4 Å². The molecule has 118 valence electrons. The molecule has 1 aromatic carbocycles. The monoisotopic (exact) mass is 302 g/mol. The third-order valence-electron chi connectivity index (χ3n) is 4.13. The van der Waals surface area contributed by atoms with E-state index in [1.807, 2.05) is 26.0 Å². The Kier molecular flexibility index (Phi) is 6.07. The van der Waals surface area contributed by atoms with Gasteiger partial charge in [-0.2, -0.15) is 10.5 Å². The van der Waals surface area contributed by atoms with Gasteiger partial charge in [0.2, 0.25) is 5.75 Å². The minimum absolute atomic E-state index is 0.106. The van der Waals surface area contributed by atoms with Crippen molar-refractivity contribution in [2.24, 2.45) is 5.92 Å². The van der Waals surface area contributed by atoms with E-state index in [4.69, 9.17) is 14.2 Å². The third-order valence-corrected chi connectivity index (χ3v) is 4.13. The van der Waals surface area contributed by atoms with Crippen LogP contribution in [0.4, 0.5) is 0 Å². The average molecular weight is 302 g/mol. The summed E-state index contributed by atoms with van der Waals surface area (Å²) in [6, 6.07) is 8.08. The quantitative estimate of drug-likeness (QED) is 0.771. The smallest absolute Gasteiger partial charge is 0.203 e. The molecule has 5 heteroatoms. The standard InChI is InChI=1S/C17H22N2O3/c1-12(2)17(6-8-18,7-9-19)13-10-14(20-3)16(22-5)15(11-13)21-4/h10-12H,6-7H2,1-5H3. The summed E-state index contributed by atoms with van der Waals surface area (Å²) in [6.45, 7) is 4.02. The van der Waals surface area contributed by atoms with Crippen LogP contribution in [0.5, 0.6) is 17.2 Å². The van der Waals surface area contributed by atoms with Crippen LogP contribution < -0.4 is 14.2 Å². The lowest BCUT2D eigenvalue weighted by atomic mass is 9.67. The molecule has 0 atom stereocenters. The molecule has 0 bridgehead atoms. The molecule has 0 fully saturated rings. The van der Waals surface area contributed by atoms with E-state index < -0.39 is 5.41 Å². The number of nitriles is 2. The molecule has 1 aromatic rings. The maximum Gasteiger partial charge on any atom is 0.203 e. The first-order valence-electron chi connectivity index (χ1n) is 7.05. The molecule has 0 aliphatic heterocycles. The largest absolute Gasteiger partial charge is 0.493 e. The van der Waals surface area contributed by atoms with Crippen molar-refractivity contribution in [2.45, 2.75) is 32.1 Å². The summed E-state index contributed by atoms with van der Waals surface area (Å²) < 4.78 is 16.1. The van der Waals surface area contributed by atoms with Gasteiger partial charge in [-0.25, -0.2) is 0 Å². The highest BCUT2D eigenvalue weighted by molar-refractivity contribution is 5.55. The van der Waals surface area contributed by atoms with Crippen molar-refractivity contribution in [1.82, 2.24) is 0 Å². The van der Waals surface area contributed by atoms with Gasteiger partial charge in [0.25, 0.3) is 0 Å².